The Morgan fingerprint density at radius 3 is 2.73 bits per heavy atom. The first-order valence-electron chi connectivity index (χ1n) is 6.42. The van der Waals surface area contributed by atoms with Crippen LogP contribution in [0.4, 0.5) is 0 Å². The lowest BCUT2D eigenvalue weighted by Gasteiger charge is -2.11. The van der Waals surface area contributed by atoms with Gasteiger partial charge in [0.25, 0.3) is 0 Å². The first kappa shape index (κ1) is 14.8. The van der Waals surface area contributed by atoms with Gasteiger partial charge >= 0.3 is 6.01 Å². The van der Waals surface area contributed by atoms with Gasteiger partial charge in [-0.05, 0) is 25.1 Å². The zero-order chi connectivity index (χ0) is 15.5. The predicted molar refractivity (Wildman–Crippen MR) is 85.9 cm³/mol. The van der Waals surface area contributed by atoms with E-state index >= 15 is 0 Å². The molecule has 111 valence electrons. The summed E-state index contributed by atoms with van der Waals surface area (Å²) in [6.45, 7) is 3.86. The van der Waals surface area contributed by atoms with Crippen LogP contribution >= 0.6 is 23.2 Å². The summed E-state index contributed by atoms with van der Waals surface area (Å²) in [6.07, 6.45) is 4.93. The molecule has 7 heteroatoms. The van der Waals surface area contributed by atoms with Crippen LogP contribution in [-0.2, 0) is 0 Å². The summed E-state index contributed by atoms with van der Waals surface area (Å²) in [5.74, 6) is 0. The Hall–Kier alpha value is -2.11. The molecule has 0 fully saturated rings. The smallest absolute Gasteiger partial charge is 0.316 e. The number of aromatic amines is 1. The van der Waals surface area contributed by atoms with Crippen molar-refractivity contribution in [1.82, 2.24) is 19.9 Å². The van der Waals surface area contributed by atoms with E-state index in [1.54, 1.807) is 36.9 Å². The third kappa shape index (κ3) is 2.91. The highest BCUT2D eigenvalue weighted by Crippen LogP contribution is 2.35. The van der Waals surface area contributed by atoms with Gasteiger partial charge in [-0.1, -0.05) is 23.2 Å². The number of benzene rings is 1. The topological polar surface area (TPSA) is 63.7 Å². The highest BCUT2D eigenvalue weighted by molar-refractivity contribution is 6.36. The summed E-state index contributed by atoms with van der Waals surface area (Å²) < 4.78 is 5.28. The molecule has 3 aromatic rings. The first-order chi connectivity index (χ1) is 10.7. The average molecular weight is 334 g/mol. The van der Waals surface area contributed by atoms with E-state index in [1.165, 1.54) is 0 Å². The molecule has 0 spiro atoms. The zero-order valence-corrected chi connectivity index (χ0v) is 12.9. The SMILES string of the molecule is [CH2]COc1ncc(-c2cnc[nH]2)c(-c2ccc(Cl)cc2Cl)n1. The van der Waals surface area contributed by atoms with Crippen LogP contribution in [0.15, 0.2) is 36.9 Å². The molecule has 22 heavy (non-hydrogen) atoms. The molecule has 1 N–H and O–H groups in total. The molecular weight excluding hydrogens is 323 g/mol. The fourth-order valence-electron chi connectivity index (χ4n) is 2.01. The summed E-state index contributed by atoms with van der Waals surface area (Å²) in [5, 5.41) is 1.05. The number of H-pyrrole nitrogens is 1. The van der Waals surface area contributed by atoms with Crippen molar-refractivity contribution in [3.63, 3.8) is 0 Å². The second-order valence-corrected chi connectivity index (χ2v) is 5.20. The maximum Gasteiger partial charge on any atom is 0.316 e. The Labute approximate surface area is 137 Å². The number of imidazole rings is 1. The van der Waals surface area contributed by atoms with Crippen molar-refractivity contribution in [3.8, 4) is 28.5 Å². The van der Waals surface area contributed by atoms with E-state index in [0.29, 0.717) is 15.7 Å². The van der Waals surface area contributed by atoms with E-state index in [9.17, 15) is 0 Å². The van der Waals surface area contributed by atoms with Crippen molar-refractivity contribution in [3.05, 3.63) is 53.9 Å². The van der Waals surface area contributed by atoms with E-state index in [4.69, 9.17) is 27.9 Å². The molecule has 1 radical (unpaired) electrons. The summed E-state index contributed by atoms with van der Waals surface area (Å²) in [7, 11) is 0. The van der Waals surface area contributed by atoms with Gasteiger partial charge in [0, 0.05) is 22.3 Å². The van der Waals surface area contributed by atoms with Gasteiger partial charge in [0.1, 0.15) is 0 Å². The number of hydrogen-bond acceptors (Lipinski definition) is 4. The third-order valence-corrected chi connectivity index (χ3v) is 3.52. The van der Waals surface area contributed by atoms with Crippen LogP contribution in [0.1, 0.15) is 0 Å². The van der Waals surface area contributed by atoms with Gasteiger partial charge in [-0.2, -0.15) is 4.98 Å². The van der Waals surface area contributed by atoms with Crippen molar-refractivity contribution in [1.29, 1.82) is 0 Å². The minimum atomic E-state index is 0.233. The molecule has 2 heterocycles. The molecule has 1 aromatic carbocycles. The molecule has 3 rings (SSSR count). The number of ether oxygens (including phenoxy) is 1. The maximum atomic E-state index is 6.30. The predicted octanol–water partition coefficient (Wildman–Crippen LogP) is 4.05. The molecule has 0 saturated carbocycles. The number of halogens is 2. The highest BCUT2D eigenvalue weighted by atomic mass is 35.5. The van der Waals surface area contributed by atoms with Crippen LogP contribution in [-0.4, -0.2) is 26.5 Å². The maximum absolute atomic E-state index is 6.30. The van der Waals surface area contributed by atoms with Gasteiger partial charge in [-0.15, -0.1) is 0 Å². The molecule has 0 atom stereocenters. The first-order valence-corrected chi connectivity index (χ1v) is 7.18. The number of nitrogens with one attached hydrogen (secondary N) is 1. The Kier molecular flexibility index (Phi) is 4.27. The zero-order valence-electron chi connectivity index (χ0n) is 11.4. The second-order valence-electron chi connectivity index (χ2n) is 4.35. The second kappa shape index (κ2) is 6.34. The standard InChI is InChI=1S/C15H11Cl2N4O/c1-2-22-15-19-6-11(13-7-18-8-20-13)14(21-15)10-4-3-9(16)5-12(10)17/h3-8H,1-2H2,(H,18,20). The van der Waals surface area contributed by atoms with Gasteiger partial charge in [0.05, 0.1) is 35.5 Å². The third-order valence-electron chi connectivity index (χ3n) is 2.97. The molecule has 2 aromatic heterocycles. The number of hydrogen-bond donors (Lipinski definition) is 1. The summed E-state index contributed by atoms with van der Waals surface area (Å²) in [4.78, 5) is 15.7. The number of nitrogens with zero attached hydrogens (tertiary/aromatic N) is 3. The molecule has 0 unspecified atom stereocenters. The highest BCUT2D eigenvalue weighted by Gasteiger charge is 2.16. The summed E-state index contributed by atoms with van der Waals surface area (Å²) in [5.41, 5.74) is 2.90. The molecule has 0 aliphatic rings. The van der Waals surface area contributed by atoms with Crippen molar-refractivity contribution in [2.24, 2.45) is 0 Å². The van der Waals surface area contributed by atoms with Crippen LogP contribution in [0, 0.1) is 6.92 Å². The Morgan fingerprint density at radius 1 is 1.18 bits per heavy atom. The molecule has 0 aliphatic heterocycles. The monoisotopic (exact) mass is 333 g/mol. The lowest BCUT2D eigenvalue weighted by atomic mass is 10.1. The molecule has 0 amide bonds. The van der Waals surface area contributed by atoms with Gasteiger partial charge in [0.2, 0.25) is 0 Å². The fourth-order valence-corrected chi connectivity index (χ4v) is 2.51. The van der Waals surface area contributed by atoms with E-state index in [1.807, 2.05) is 0 Å². The van der Waals surface area contributed by atoms with Crippen molar-refractivity contribution < 1.29 is 4.74 Å². The normalized spacial score (nSPS) is 10.7. The van der Waals surface area contributed by atoms with Crippen LogP contribution in [0.2, 0.25) is 10.0 Å². The minimum absolute atomic E-state index is 0.233. The van der Waals surface area contributed by atoms with Crippen LogP contribution in [0.25, 0.3) is 22.5 Å². The van der Waals surface area contributed by atoms with Crippen molar-refractivity contribution in [2.75, 3.05) is 6.61 Å². The Bertz CT molecular complexity index is 790. The van der Waals surface area contributed by atoms with E-state index < -0.39 is 0 Å². The quantitative estimate of drug-likeness (QED) is 0.782. The largest absolute Gasteiger partial charge is 0.463 e. The summed E-state index contributed by atoms with van der Waals surface area (Å²) >= 11 is 12.3. The Morgan fingerprint density at radius 2 is 2.05 bits per heavy atom. The number of rotatable bonds is 4. The molecule has 0 saturated heterocycles. The van der Waals surface area contributed by atoms with Crippen LogP contribution in [0.3, 0.4) is 0 Å². The summed E-state index contributed by atoms with van der Waals surface area (Å²) in [6, 6.07) is 5.46. The van der Waals surface area contributed by atoms with Gasteiger partial charge < -0.3 is 9.72 Å². The van der Waals surface area contributed by atoms with Gasteiger partial charge in [-0.3, -0.25) is 0 Å². The molecular formula is C15H11Cl2N4O. The van der Waals surface area contributed by atoms with Gasteiger partial charge in [0.15, 0.2) is 0 Å². The van der Waals surface area contributed by atoms with Crippen LogP contribution < -0.4 is 4.74 Å². The van der Waals surface area contributed by atoms with Crippen LogP contribution in [0.5, 0.6) is 6.01 Å². The molecule has 5 nitrogen and oxygen atoms in total. The minimum Gasteiger partial charge on any atom is -0.463 e. The molecule has 0 aliphatic carbocycles. The van der Waals surface area contributed by atoms with Crippen molar-refractivity contribution in [2.45, 2.75) is 0 Å². The van der Waals surface area contributed by atoms with E-state index in [0.717, 1.165) is 16.8 Å². The van der Waals surface area contributed by atoms with E-state index in [2.05, 4.69) is 26.9 Å². The lowest BCUT2D eigenvalue weighted by molar-refractivity contribution is 0.332. The average Bonchev–Trinajstić information content (AvgIpc) is 3.02. The molecule has 0 bridgehead atoms. The van der Waals surface area contributed by atoms with E-state index in [-0.39, 0.29) is 12.6 Å². The Balaban J connectivity index is 2.20. The van der Waals surface area contributed by atoms with Gasteiger partial charge in [-0.25, -0.2) is 9.97 Å². The lowest BCUT2D eigenvalue weighted by Crippen LogP contribution is -2.00. The number of aromatic nitrogens is 4. The van der Waals surface area contributed by atoms with Crippen molar-refractivity contribution >= 4 is 23.2 Å². The fraction of sp³-hybridized carbons (Fsp3) is 0.0667.